The third-order valence-corrected chi connectivity index (χ3v) is 12.8. The van der Waals surface area contributed by atoms with Crippen molar-refractivity contribution in [3.8, 4) is 33.8 Å². The molecule has 4 heteroatoms. The number of anilines is 6. The molecule has 1 aliphatic heterocycles. The highest BCUT2D eigenvalue weighted by molar-refractivity contribution is 6.25. The van der Waals surface area contributed by atoms with E-state index in [1.54, 1.807) is 0 Å². The molecule has 1 aliphatic rings. The van der Waals surface area contributed by atoms with Crippen molar-refractivity contribution < 1.29 is 9.15 Å². The van der Waals surface area contributed by atoms with Gasteiger partial charge in [-0.25, -0.2) is 0 Å². The van der Waals surface area contributed by atoms with Crippen molar-refractivity contribution in [1.29, 1.82) is 0 Å². The zero-order valence-electron chi connectivity index (χ0n) is 34.7. The molecular weight excluding hydrogens is 781 g/mol. The van der Waals surface area contributed by atoms with E-state index in [0.717, 1.165) is 89.6 Å². The summed E-state index contributed by atoms with van der Waals surface area (Å²) in [7, 11) is 0. The van der Waals surface area contributed by atoms with Gasteiger partial charge in [-0.3, -0.25) is 0 Å². The zero-order chi connectivity index (χ0) is 42.1. The fourth-order valence-corrected chi connectivity index (χ4v) is 9.91. The minimum absolute atomic E-state index is 0.851. The molecule has 0 atom stereocenters. The molecule has 2 heterocycles. The van der Waals surface area contributed by atoms with E-state index in [0.29, 0.717) is 0 Å². The van der Waals surface area contributed by atoms with Gasteiger partial charge >= 0.3 is 0 Å². The summed E-state index contributed by atoms with van der Waals surface area (Å²) in [6.45, 7) is 0. The van der Waals surface area contributed by atoms with Crippen LogP contribution in [-0.4, -0.2) is 0 Å². The van der Waals surface area contributed by atoms with E-state index in [-0.39, 0.29) is 0 Å². The molecule has 12 aromatic rings. The van der Waals surface area contributed by atoms with Gasteiger partial charge in [0.25, 0.3) is 0 Å². The molecule has 0 N–H and O–H groups in total. The lowest BCUT2D eigenvalue weighted by atomic mass is 9.87. The van der Waals surface area contributed by atoms with Gasteiger partial charge in [0.05, 0.1) is 11.4 Å². The van der Waals surface area contributed by atoms with Crippen molar-refractivity contribution in [2.45, 2.75) is 0 Å². The predicted molar refractivity (Wildman–Crippen MR) is 267 cm³/mol. The fourth-order valence-electron chi connectivity index (χ4n) is 9.91. The van der Waals surface area contributed by atoms with E-state index in [1.165, 1.54) is 32.5 Å². The van der Waals surface area contributed by atoms with Crippen molar-refractivity contribution in [3.63, 3.8) is 0 Å². The Morgan fingerprint density at radius 1 is 0.297 bits per heavy atom. The van der Waals surface area contributed by atoms with Crippen LogP contribution in [0.3, 0.4) is 0 Å². The Kier molecular flexibility index (Phi) is 8.18. The number of nitrogens with zero attached hydrogens (tertiary/aromatic N) is 2. The highest BCUT2D eigenvalue weighted by Gasteiger charge is 2.25. The Balaban J connectivity index is 0.921. The van der Waals surface area contributed by atoms with E-state index in [9.17, 15) is 0 Å². The van der Waals surface area contributed by atoms with Crippen LogP contribution in [0.15, 0.2) is 235 Å². The molecule has 4 nitrogen and oxygen atoms in total. The molecule has 64 heavy (non-hydrogen) atoms. The van der Waals surface area contributed by atoms with Crippen LogP contribution in [0.1, 0.15) is 0 Å². The molecular formula is C60H38N2O2. The zero-order valence-corrected chi connectivity index (χ0v) is 34.7. The van der Waals surface area contributed by atoms with E-state index in [1.807, 2.05) is 12.1 Å². The molecule has 0 amide bonds. The van der Waals surface area contributed by atoms with Crippen LogP contribution in [0.2, 0.25) is 0 Å². The second kappa shape index (κ2) is 14.5. The molecule has 0 radical (unpaired) electrons. The second-order valence-electron chi connectivity index (χ2n) is 16.4. The third kappa shape index (κ3) is 5.70. The topological polar surface area (TPSA) is 28.9 Å². The second-order valence-corrected chi connectivity index (χ2v) is 16.4. The van der Waals surface area contributed by atoms with Gasteiger partial charge in [-0.15, -0.1) is 0 Å². The Hall–Kier alpha value is -8.60. The van der Waals surface area contributed by atoms with E-state index >= 15 is 0 Å². The average molecular weight is 819 g/mol. The molecule has 300 valence electrons. The summed E-state index contributed by atoms with van der Waals surface area (Å²) >= 11 is 0. The number of furan rings is 1. The van der Waals surface area contributed by atoms with Crippen LogP contribution in [0.4, 0.5) is 34.1 Å². The summed E-state index contributed by atoms with van der Waals surface area (Å²) in [4.78, 5) is 4.65. The van der Waals surface area contributed by atoms with E-state index < -0.39 is 0 Å². The maximum atomic E-state index is 6.88. The largest absolute Gasteiger partial charge is 0.456 e. The van der Waals surface area contributed by atoms with Crippen LogP contribution in [0.25, 0.3) is 76.5 Å². The first-order chi connectivity index (χ1) is 31.7. The predicted octanol–water partition coefficient (Wildman–Crippen LogP) is 17.4. The number of rotatable bonds is 7. The lowest BCUT2D eigenvalue weighted by Gasteiger charge is -2.28. The maximum absolute atomic E-state index is 6.88. The van der Waals surface area contributed by atoms with E-state index in [4.69, 9.17) is 9.15 Å². The third-order valence-electron chi connectivity index (χ3n) is 12.8. The molecule has 1 aromatic heterocycles. The Bertz CT molecular complexity index is 3710. The highest BCUT2D eigenvalue weighted by Crippen LogP contribution is 2.52. The average Bonchev–Trinajstić information content (AvgIpc) is 3.75. The van der Waals surface area contributed by atoms with Gasteiger partial charge in [0.1, 0.15) is 17.1 Å². The van der Waals surface area contributed by atoms with Gasteiger partial charge < -0.3 is 19.0 Å². The van der Waals surface area contributed by atoms with Gasteiger partial charge in [0, 0.05) is 49.9 Å². The number of fused-ring (bicyclic) bond motifs is 9. The first-order valence-corrected chi connectivity index (χ1v) is 21.7. The van der Waals surface area contributed by atoms with Crippen LogP contribution in [0.5, 0.6) is 11.5 Å². The summed E-state index contributed by atoms with van der Waals surface area (Å²) in [5.41, 5.74) is 12.6. The SMILES string of the molecule is c1ccc(N(c2ccccc2)c2cc3c4cccc5c4c(cc3c3ccccc23)-c2ccc(-c3ccc(N(c4ccccc4)c4cccc6c4oc4ccccc46)cc3)cc2O5)cc1. The van der Waals surface area contributed by atoms with Crippen molar-refractivity contribution in [1.82, 2.24) is 0 Å². The summed E-state index contributed by atoms with van der Waals surface area (Å²) in [5, 5.41) is 9.32. The standard InChI is InChI=1S/C60H38N2O2/c1-4-16-41(17-5-1)61(54-27-14-26-50-47-24-12-13-28-56(47)64-60(50)54)44-33-30-39(31-34-44)40-32-35-48-53-37-51-45-22-10-11-23-46(45)55(62(42-18-6-2-7-19-42)43-20-8-3-9-21-43)38-52(51)49-25-15-29-57(59(49)53)63-58(48)36-40/h1-38H. The van der Waals surface area contributed by atoms with Crippen LogP contribution in [0, 0.1) is 0 Å². The lowest BCUT2D eigenvalue weighted by Crippen LogP contribution is -2.10. The number of ether oxygens (including phenoxy) is 1. The normalized spacial score (nSPS) is 11.9. The summed E-state index contributed by atoms with van der Waals surface area (Å²) < 4.78 is 13.4. The number of para-hydroxylation sites is 5. The molecule has 0 fully saturated rings. The summed E-state index contributed by atoms with van der Waals surface area (Å²) in [6.07, 6.45) is 0. The molecule has 11 aromatic carbocycles. The van der Waals surface area contributed by atoms with Crippen LogP contribution >= 0.6 is 0 Å². The van der Waals surface area contributed by atoms with Crippen molar-refractivity contribution in [2.24, 2.45) is 0 Å². The van der Waals surface area contributed by atoms with Crippen molar-refractivity contribution in [2.75, 3.05) is 9.80 Å². The van der Waals surface area contributed by atoms with Crippen molar-refractivity contribution >= 4 is 88.4 Å². The first kappa shape index (κ1) is 36.1. The Labute approximate surface area is 370 Å². The minimum Gasteiger partial charge on any atom is -0.456 e. The molecule has 0 aliphatic carbocycles. The van der Waals surface area contributed by atoms with Gasteiger partial charge in [-0.05, 0) is 129 Å². The maximum Gasteiger partial charge on any atom is 0.159 e. The molecule has 0 bridgehead atoms. The minimum atomic E-state index is 0.851. The smallest absolute Gasteiger partial charge is 0.159 e. The Morgan fingerprint density at radius 3 is 1.56 bits per heavy atom. The molecule has 0 spiro atoms. The number of hydrogen-bond donors (Lipinski definition) is 0. The van der Waals surface area contributed by atoms with Crippen molar-refractivity contribution in [3.05, 3.63) is 231 Å². The quantitative estimate of drug-likeness (QED) is 0.150. The highest BCUT2D eigenvalue weighted by atomic mass is 16.5. The van der Waals surface area contributed by atoms with Gasteiger partial charge in [-0.2, -0.15) is 0 Å². The number of benzene rings is 11. The molecule has 0 saturated heterocycles. The van der Waals surface area contributed by atoms with E-state index in [2.05, 4.69) is 228 Å². The van der Waals surface area contributed by atoms with Gasteiger partial charge in [0.15, 0.2) is 5.58 Å². The fraction of sp³-hybridized carbons (Fsp3) is 0. The van der Waals surface area contributed by atoms with Crippen LogP contribution < -0.4 is 14.5 Å². The molecule has 0 saturated carbocycles. The van der Waals surface area contributed by atoms with Gasteiger partial charge in [-0.1, -0.05) is 140 Å². The molecule has 13 rings (SSSR count). The monoisotopic (exact) mass is 818 g/mol. The lowest BCUT2D eigenvalue weighted by molar-refractivity contribution is 0.487. The van der Waals surface area contributed by atoms with Crippen LogP contribution in [-0.2, 0) is 0 Å². The molecule has 0 unspecified atom stereocenters. The summed E-state index contributed by atoms with van der Waals surface area (Å²) in [5.74, 6) is 1.72. The van der Waals surface area contributed by atoms with Gasteiger partial charge in [0.2, 0.25) is 0 Å². The first-order valence-electron chi connectivity index (χ1n) is 21.7. The number of hydrogen-bond acceptors (Lipinski definition) is 4. The Morgan fingerprint density at radius 2 is 0.844 bits per heavy atom. The summed E-state index contributed by atoms with van der Waals surface area (Å²) in [6, 6.07) is 81.9.